The summed E-state index contributed by atoms with van der Waals surface area (Å²) in [7, 11) is 1.64. The van der Waals surface area contributed by atoms with Gasteiger partial charge in [0.1, 0.15) is 0 Å². The Morgan fingerprint density at radius 1 is 1.32 bits per heavy atom. The molecule has 6 nitrogen and oxygen atoms in total. The summed E-state index contributed by atoms with van der Waals surface area (Å²) in [5.74, 6) is 0.211. The Balaban J connectivity index is 2.18. The molecule has 0 spiro atoms. The van der Waals surface area contributed by atoms with Crippen LogP contribution in [0.5, 0.6) is 0 Å². The van der Waals surface area contributed by atoms with Gasteiger partial charge < -0.3 is 20.3 Å². The van der Waals surface area contributed by atoms with E-state index in [0.29, 0.717) is 26.1 Å². The Bertz CT molecular complexity index is 289. The van der Waals surface area contributed by atoms with Crippen LogP contribution in [-0.2, 0) is 14.3 Å². The third-order valence-corrected chi connectivity index (χ3v) is 3.29. The van der Waals surface area contributed by atoms with E-state index in [1.165, 1.54) is 0 Å². The molecule has 1 aliphatic heterocycles. The Kier molecular flexibility index (Phi) is 7.43. The summed E-state index contributed by atoms with van der Waals surface area (Å²) in [5, 5.41) is 6.03. The predicted octanol–water partition coefficient (Wildman–Crippen LogP) is -0.260. The highest BCUT2D eigenvalue weighted by molar-refractivity contribution is 5.78. The molecule has 1 rings (SSSR count). The molecule has 0 bridgehead atoms. The van der Waals surface area contributed by atoms with Gasteiger partial charge in [-0.05, 0) is 12.8 Å². The van der Waals surface area contributed by atoms with Crippen molar-refractivity contribution in [3.63, 3.8) is 0 Å². The van der Waals surface area contributed by atoms with Gasteiger partial charge in [0, 0.05) is 39.2 Å². The van der Waals surface area contributed by atoms with Crippen molar-refractivity contribution in [3.05, 3.63) is 0 Å². The number of hydrogen-bond donors (Lipinski definition) is 2. The molecule has 0 aromatic carbocycles. The zero-order valence-electron chi connectivity index (χ0n) is 11.9. The van der Waals surface area contributed by atoms with Gasteiger partial charge in [-0.2, -0.15) is 0 Å². The molecule has 0 aromatic heterocycles. The molecule has 110 valence electrons. The number of carbonyl (C=O) groups is 2. The van der Waals surface area contributed by atoms with E-state index in [9.17, 15) is 9.59 Å². The lowest BCUT2D eigenvalue weighted by molar-refractivity contribution is -0.131. The van der Waals surface area contributed by atoms with Crippen molar-refractivity contribution in [2.75, 3.05) is 39.9 Å². The summed E-state index contributed by atoms with van der Waals surface area (Å²) >= 11 is 0. The van der Waals surface area contributed by atoms with Gasteiger partial charge in [-0.3, -0.25) is 9.59 Å². The van der Waals surface area contributed by atoms with Gasteiger partial charge in [0.2, 0.25) is 11.8 Å². The molecular formula is C13H25N3O3. The fraction of sp³-hybridized carbons (Fsp3) is 0.846. The molecule has 6 heteroatoms. The highest BCUT2D eigenvalue weighted by Gasteiger charge is 2.22. The van der Waals surface area contributed by atoms with E-state index in [2.05, 4.69) is 10.6 Å². The number of hydrogen-bond acceptors (Lipinski definition) is 4. The molecule has 0 unspecified atom stereocenters. The number of ether oxygens (including phenoxy) is 1. The van der Waals surface area contributed by atoms with E-state index < -0.39 is 0 Å². The van der Waals surface area contributed by atoms with Crippen LogP contribution >= 0.6 is 0 Å². The average molecular weight is 271 g/mol. The van der Waals surface area contributed by atoms with E-state index in [1.54, 1.807) is 7.11 Å². The monoisotopic (exact) mass is 271 g/mol. The Labute approximate surface area is 114 Å². The molecule has 2 N–H and O–H groups in total. The number of nitrogens with zero attached hydrogens (tertiary/aromatic N) is 1. The molecule has 1 heterocycles. The van der Waals surface area contributed by atoms with Crippen molar-refractivity contribution < 1.29 is 14.3 Å². The molecule has 0 aliphatic carbocycles. The van der Waals surface area contributed by atoms with Crippen molar-refractivity contribution in [1.29, 1.82) is 0 Å². The number of amides is 2. The van der Waals surface area contributed by atoms with Gasteiger partial charge in [0.05, 0.1) is 13.2 Å². The summed E-state index contributed by atoms with van der Waals surface area (Å²) in [6, 6.07) is 0.220. The smallest absolute Gasteiger partial charge is 0.236 e. The Morgan fingerprint density at radius 2 is 2.00 bits per heavy atom. The summed E-state index contributed by atoms with van der Waals surface area (Å²) in [4.78, 5) is 25.0. The second kappa shape index (κ2) is 8.87. The average Bonchev–Trinajstić information content (AvgIpc) is 2.44. The quantitative estimate of drug-likeness (QED) is 0.626. The molecule has 19 heavy (non-hydrogen) atoms. The number of piperidine rings is 1. The lowest BCUT2D eigenvalue weighted by Crippen LogP contribution is -2.48. The molecule has 1 aliphatic rings. The highest BCUT2D eigenvalue weighted by atomic mass is 16.5. The normalized spacial score (nSPS) is 16.4. The van der Waals surface area contributed by atoms with Gasteiger partial charge >= 0.3 is 0 Å². The number of carbonyl (C=O) groups excluding carboxylic acids is 2. The van der Waals surface area contributed by atoms with E-state index in [4.69, 9.17) is 4.74 Å². The maximum Gasteiger partial charge on any atom is 0.236 e. The van der Waals surface area contributed by atoms with Crippen molar-refractivity contribution in [3.8, 4) is 0 Å². The minimum absolute atomic E-state index is 0.0889. The van der Waals surface area contributed by atoms with Crippen molar-refractivity contribution >= 4 is 11.8 Å². The third kappa shape index (κ3) is 6.02. The maximum absolute atomic E-state index is 11.9. The van der Waals surface area contributed by atoms with Gasteiger partial charge in [-0.15, -0.1) is 0 Å². The lowest BCUT2D eigenvalue weighted by Gasteiger charge is -2.32. The topological polar surface area (TPSA) is 70.7 Å². The first-order chi connectivity index (χ1) is 9.17. The van der Waals surface area contributed by atoms with Gasteiger partial charge in [0.25, 0.3) is 0 Å². The molecule has 0 atom stereocenters. The van der Waals surface area contributed by atoms with E-state index in [-0.39, 0.29) is 17.9 Å². The van der Waals surface area contributed by atoms with Gasteiger partial charge in [-0.1, -0.05) is 6.92 Å². The van der Waals surface area contributed by atoms with E-state index in [0.717, 1.165) is 25.9 Å². The van der Waals surface area contributed by atoms with E-state index in [1.807, 2.05) is 11.8 Å². The second-order valence-electron chi connectivity index (χ2n) is 4.75. The van der Waals surface area contributed by atoms with Gasteiger partial charge in [-0.25, -0.2) is 0 Å². The van der Waals surface area contributed by atoms with Crippen LogP contribution in [0.25, 0.3) is 0 Å². The summed E-state index contributed by atoms with van der Waals surface area (Å²) < 4.78 is 4.90. The Morgan fingerprint density at radius 3 is 2.58 bits per heavy atom. The molecule has 0 aromatic rings. The zero-order chi connectivity index (χ0) is 14.1. The van der Waals surface area contributed by atoms with E-state index >= 15 is 0 Å². The first-order valence-electron chi connectivity index (χ1n) is 6.94. The Hall–Kier alpha value is -1.14. The summed E-state index contributed by atoms with van der Waals surface area (Å²) in [6.07, 6.45) is 2.20. The number of rotatable bonds is 7. The van der Waals surface area contributed by atoms with Crippen LogP contribution in [0, 0.1) is 0 Å². The van der Waals surface area contributed by atoms with Crippen LogP contribution in [0.4, 0.5) is 0 Å². The van der Waals surface area contributed by atoms with Crippen molar-refractivity contribution in [2.45, 2.75) is 32.2 Å². The van der Waals surface area contributed by atoms with Crippen LogP contribution in [0.3, 0.4) is 0 Å². The molecule has 0 saturated carbocycles. The molecule has 0 radical (unpaired) electrons. The minimum atomic E-state index is 0.0889. The second-order valence-corrected chi connectivity index (χ2v) is 4.75. The first-order valence-corrected chi connectivity index (χ1v) is 6.94. The SMILES string of the molecule is CCC(=O)NC1CCN(C(=O)CNCCOC)CC1. The van der Waals surface area contributed by atoms with Crippen LogP contribution in [0.2, 0.25) is 0 Å². The fourth-order valence-corrected chi connectivity index (χ4v) is 2.08. The fourth-order valence-electron chi connectivity index (χ4n) is 2.08. The highest BCUT2D eigenvalue weighted by Crippen LogP contribution is 2.10. The van der Waals surface area contributed by atoms with Crippen LogP contribution < -0.4 is 10.6 Å². The number of nitrogens with one attached hydrogen (secondary N) is 2. The predicted molar refractivity (Wildman–Crippen MR) is 72.8 cm³/mol. The lowest BCUT2D eigenvalue weighted by atomic mass is 10.0. The zero-order valence-corrected chi connectivity index (χ0v) is 11.9. The largest absolute Gasteiger partial charge is 0.383 e. The molecule has 1 saturated heterocycles. The van der Waals surface area contributed by atoms with Gasteiger partial charge in [0.15, 0.2) is 0 Å². The molecule has 2 amide bonds. The number of likely N-dealkylation sites (tertiary alicyclic amines) is 1. The molecular weight excluding hydrogens is 246 g/mol. The number of methoxy groups -OCH3 is 1. The minimum Gasteiger partial charge on any atom is -0.383 e. The summed E-state index contributed by atoms with van der Waals surface area (Å²) in [5.41, 5.74) is 0. The molecule has 1 fully saturated rings. The van der Waals surface area contributed by atoms with Crippen molar-refractivity contribution in [1.82, 2.24) is 15.5 Å². The van der Waals surface area contributed by atoms with Crippen LogP contribution in [0.15, 0.2) is 0 Å². The first kappa shape index (κ1) is 15.9. The van der Waals surface area contributed by atoms with Crippen LogP contribution in [0.1, 0.15) is 26.2 Å². The summed E-state index contributed by atoms with van der Waals surface area (Å²) in [6.45, 7) is 4.94. The standard InChI is InChI=1S/C13H25N3O3/c1-3-12(17)15-11-4-7-16(8-5-11)13(18)10-14-6-9-19-2/h11,14H,3-10H2,1-2H3,(H,15,17). The van der Waals surface area contributed by atoms with Crippen molar-refractivity contribution in [2.24, 2.45) is 0 Å². The maximum atomic E-state index is 11.9. The van der Waals surface area contributed by atoms with Crippen LogP contribution in [-0.4, -0.2) is 62.7 Å². The third-order valence-electron chi connectivity index (χ3n) is 3.29.